The molecule has 0 unspecified atom stereocenters. The lowest BCUT2D eigenvalue weighted by Gasteiger charge is -2.18. The minimum Gasteiger partial charge on any atom is -0.489 e. The maximum Gasteiger partial charge on any atom is 0.256 e. The van der Waals surface area contributed by atoms with Crippen LogP contribution >= 0.6 is 0 Å². The van der Waals surface area contributed by atoms with E-state index in [0.29, 0.717) is 33.6 Å². The zero-order valence-corrected chi connectivity index (χ0v) is 18.0. The largest absolute Gasteiger partial charge is 0.489 e. The van der Waals surface area contributed by atoms with Gasteiger partial charge in [0.05, 0.1) is 5.52 Å². The first kappa shape index (κ1) is 21.5. The molecule has 0 radical (unpaired) electrons. The molecular formula is C25H23F2N3O2. The average molecular weight is 435 g/mol. The second kappa shape index (κ2) is 8.42. The summed E-state index contributed by atoms with van der Waals surface area (Å²) in [7, 11) is 0. The Hall–Kier alpha value is -3.74. The van der Waals surface area contributed by atoms with Crippen LogP contribution in [-0.2, 0) is 12.0 Å². The fraction of sp³-hybridized carbons (Fsp3) is 0.200. The van der Waals surface area contributed by atoms with Gasteiger partial charge < -0.3 is 10.1 Å². The van der Waals surface area contributed by atoms with Gasteiger partial charge >= 0.3 is 0 Å². The van der Waals surface area contributed by atoms with E-state index in [1.807, 2.05) is 12.1 Å². The van der Waals surface area contributed by atoms with Crippen LogP contribution in [0.5, 0.6) is 5.75 Å². The van der Waals surface area contributed by atoms with E-state index in [4.69, 9.17) is 4.74 Å². The van der Waals surface area contributed by atoms with Crippen LogP contribution in [0.1, 0.15) is 42.3 Å². The quantitative estimate of drug-likeness (QED) is 0.406. The molecule has 4 rings (SSSR count). The Morgan fingerprint density at radius 2 is 1.69 bits per heavy atom. The summed E-state index contributed by atoms with van der Waals surface area (Å²) in [6, 6.07) is 15.9. The molecule has 0 spiro atoms. The van der Waals surface area contributed by atoms with Gasteiger partial charge in [-0.15, -0.1) is 0 Å². The second-order valence-corrected chi connectivity index (χ2v) is 8.63. The van der Waals surface area contributed by atoms with Gasteiger partial charge in [0.1, 0.15) is 24.0 Å². The van der Waals surface area contributed by atoms with E-state index in [2.05, 4.69) is 36.3 Å². The average Bonchev–Trinajstić information content (AvgIpc) is 3.13. The van der Waals surface area contributed by atoms with Crippen LogP contribution in [-0.4, -0.2) is 16.1 Å². The number of hydrogen-bond acceptors (Lipinski definition) is 3. The topological polar surface area (TPSA) is 67.0 Å². The Morgan fingerprint density at radius 3 is 2.34 bits per heavy atom. The van der Waals surface area contributed by atoms with Gasteiger partial charge in [0.25, 0.3) is 5.91 Å². The summed E-state index contributed by atoms with van der Waals surface area (Å²) in [6.45, 7) is 6.37. The van der Waals surface area contributed by atoms with Crippen molar-refractivity contribution in [3.05, 3.63) is 89.0 Å². The van der Waals surface area contributed by atoms with Crippen LogP contribution in [0.4, 0.5) is 14.6 Å². The van der Waals surface area contributed by atoms with Gasteiger partial charge in [-0.2, -0.15) is 5.10 Å². The molecule has 1 aromatic heterocycles. The van der Waals surface area contributed by atoms with Crippen molar-refractivity contribution in [2.45, 2.75) is 32.8 Å². The molecule has 0 saturated carbocycles. The van der Waals surface area contributed by atoms with E-state index in [1.165, 1.54) is 12.1 Å². The molecule has 1 heterocycles. The summed E-state index contributed by atoms with van der Waals surface area (Å²) < 4.78 is 32.3. The van der Waals surface area contributed by atoms with Crippen LogP contribution in [0.25, 0.3) is 10.9 Å². The summed E-state index contributed by atoms with van der Waals surface area (Å²) in [5, 5.41) is 10.6. The fourth-order valence-corrected chi connectivity index (χ4v) is 3.35. The number of hydrogen-bond donors (Lipinski definition) is 2. The van der Waals surface area contributed by atoms with Crippen LogP contribution in [0.15, 0.2) is 60.7 Å². The van der Waals surface area contributed by atoms with Crippen molar-refractivity contribution >= 4 is 22.6 Å². The molecule has 0 atom stereocenters. The maximum absolute atomic E-state index is 13.3. The number of carbonyl (C=O) groups excluding carboxylic acids is 1. The highest BCUT2D eigenvalue weighted by atomic mass is 19.1. The normalized spacial score (nSPS) is 11.5. The first-order valence-corrected chi connectivity index (χ1v) is 10.2. The van der Waals surface area contributed by atoms with Crippen molar-refractivity contribution in [3.8, 4) is 5.75 Å². The zero-order valence-electron chi connectivity index (χ0n) is 18.0. The van der Waals surface area contributed by atoms with E-state index in [9.17, 15) is 13.6 Å². The molecular weight excluding hydrogens is 412 g/mol. The van der Waals surface area contributed by atoms with E-state index in [0.717, 1.165) is 11.6 Å². The molecule has 0 aliphatic heterocycles. The molecule has 4 aromatic rings. The first-order valence-electron chi connectivity index (χ1n) is 10.2. The molecule has 0 bridgehead atoms. The number of nitrogens with zero attached hydrogens (tertiary/aromatic N) is 1. The zero-order chi connectivity index (χ0) is 22.9. The van der Waals surface area contributed by atoms with Crippen LogP contribution in [0, 0.1) is 11.6 Å². The minimum absolute atomic E-state index is 0.00994. The number of benzene rings is 3. The summed E-state index contributed by atoms with van der Waals surface area (Å²) >= 11 is 0. The predicted octanol–water partition coefficient (Wildman–Crippen LogP) is 5.97. The van der Waals surface area contributed by atoms with Gasteiger partial charge in [0, 0.05) is 23.1 Å². The molecule has 1 amide bonds. The van der Waals surface area contributed by atoms with Crippen molar-refractivity contribution in [1.82, 2.24) is 10.2 Å². The minimum atomic E-state index is -0.652. The van der Waals surface area contributed by atoms with Gasteiger partial charge in [0.2, 0.25) is 0 Å². The van der Waals surface area contributed by atoms with Gasteiger partial charge in [0.15, 0.2) is 5.82 Å². The third-order valence-corrected chi connectivity index (χ3v) is 5.11. The van der Waals surface area contributed by atoms with Crippen LogP contribution in [0.3, 0.4) is 0 Å². The smallest absolute Gasteiger partial charge is 0.256 e. The van der Waals surface area contributed by atoms with Crippen molar-refractivity contribution < 1.29 is 18.3 Å². The number of ether oxygens (including phenoxy) is 1. The number of aromatic amines is 1. The van der Waals surface area contributed by atoms with Crippen molar-refractivity contribution in [2.75, 3.05) is 5.32 Å². The molecule has 3 aromatic carbocycles. The lowest BCUT2D eigenvalue weighted by molar-refractivity contribution is 0.102. The number of fused-ring (bicyclic) bond motifs is 1. The molecule has 5 nitrogen and oxygen atoms in total. The standard InChI is InChI=1S/C25H23F2N3O2/c1-25(2,3)17-6-4-16(5-7-17)24(31)28-23-21-9-8-20(13-22(21)29-30-23)32-14-15-10-18(26)12-19(27)11-15/h4-13H,14H2,1-3H3,(H2,28,29,30,31). The fourth-order valence-electron chi connectivity index (χ4n) is 3.35. The van der Waals surface area contributed by atoms with Crippen molar-refractivity contribution in [2.24, 2.45) is 0 Å². The Balaban J connectivity index is 1.46. The van der Waals surface area contributed by atoms with Gasteiger partial charge in [-0.25, -0.2) is 8.78 Å². The third kappa shape index (κ3) is 4.77. The van der Waals surface area contributed by atoms with E-state index < -0.39 is 11.6 Å². The predicted molar refractivity (Wildman–Crippen MR) is 120 cm³/mol. The van der Waals surface area contributed by atoms with Crippen molar-refractivity contribution in [3.63, 3.8) is 0 Å². The van der Waals surface area contributed by atoms with Crippen LogP contribution in [0.2, 0.25) is 0 Å². The monoisotopic (exact) mass is 435 g/mol. The lowest BCUT2D eigenvalue weighted by atomic mass is 9.87. The number of rotatable bonds is 5. The molecule has 0 saturated heterocycles. The van der Waals surface area contributed by atoms with E-state index >= 15 is 0 Å². The molecule has 0 aliphatic carbocycles. The van der Waals surface area contributed by atoms with Gasteiger partial charge in [-0.1, -0.05) is 32.9 Å². The van der Waals surface area contributed by atoms with E-state index in [-0.39, 0.29) is 17.9 Å². The highest BCUT2D eigenvalue weighted by molar-refractivity contribution is 6.07. The second-order valence-electron chi connectivity index (χ2n) is 8.63. The molecule has 32 heavy (non-hydrogen) atoms. The molecule has 2 N–H and O–H groups in total. The molecule has 0 aliphatic rings. The number of anilines is 1. The van der Waals surface area contributed by atoms with Crippen LogP contribution < -0.4 is 10.1 Å². The highest BCUT2D eigenvalue weighted by Gasteiger charge is 2.16. The highest BCUT2D eigenvalue weighted by Crippen LogP contribution is 2.26. The van der Waals surface area contributed by atoms with E-state index in [1.54, 1.807) is 30.3 Å². The summed E-state index contributed by atoms with van der Waals surface area (Å²) in [5.41, 5.74) is 2.74. The van der Waals surface area contributed by atoms with Gasteiger partial charge in [-0.05, 0) is 52.9 Å². The number of carbonyl (C=O) groups is 1. The van der Waals surface area contributed by atoms with Crippen molar-refractivity contribution in [1.29, 1.82) is 0 Å². The lowest BCUT2D eigenvalue weighted by Crippen LogP contribution is -2.14. The SMILES string of the molecule is CC(C)(C)c1ccc(C(=O)Nc2n[nH]c3cc(OCc4cc(F)cc(F)c4)ccc23)cc1. The molecule has 7 heteroatoms. The molecule has 164 valence electrons. The number of H-pyrrole nitrogens is 1. The summed E-state index contributed by atoms with van der Waals surface area (Å²) in [4.78, 5) is 12.6. The number of halogens is 2. The number of amides is 1. The number of nitrogens with one attached hydrogen (secondary N) is 2. The molecule has 0 fully saturated rings. The summed E-state index contributed by atoms with van der Waals surface area (Å²) in [6.07, 6.45) is 0. The Kier molecular flexibility index (Phi) is 5.65. The Morgan fingerprint density at radius 1 is 1.00 bits per heavy atom. The Labute approximate surface area is 184 Å². The summed E-state index contributed by atoms with van der Waals surface area (Å²) in [5.74, 6) is -0.653. The van der Waals surface area contributed by atoms with Gasteiger partial charge in [-0.3, -0.25) is 9.89 Å². The maximum atomic E-state index is 13.3. The Bertz CT molecular complexity index is 1250. The third-order valence-electron chi connectivity index (χ3n) is 5.11. The first-order chi connectivity index (χ1) is 15.2. The number of aromatic nitrogens is 2.